The Bertz CT molecular complexity index is 496. The fraction of sp³-hybridized carbons (Fsp3) is 0.667. The summed E-state index contributed by atoms with van der Waals surface area (Å²) in [6, 6.07) is 2.15. The second-order valence-electron chi connectivity index (χ2n) is 5.86. The summed E-state index contributed by atoms with van der Waals surface area (Å²) in [6.07, 6.45) is 6.15. The topological polar surface area (TPSA) is 67.3 Å². The summed E-state index contributed by atoms with van der Waals surface area (Å²) >= 11 is 0. The molecule has 1 aliphatic heterocycles. The summed E-state index contributed by atoms with van der Waals surface area (Å²) in [4.78, 5) is 22.3. The molecule has 114 valence electrons. The first-order valence-electron chi connectivity index (χ1n) is 7.65. The molecule has 6 heteroatoms. The van der Waals surface area contributed by atoms with Crippen LogP contribution in [0, 0.1) is 5.92 Å². The van der Waals surface area contributed by atoms with Crippen LogP contribution in [0.3, 0.4) is 0 Å². The van der Waals surface area contributed by atoms with Gasteiger partial charge >= 0.3 is 0 Å². The number of hydrogen-bond donors (Lipinski definition) is 1. The zero-order valence-electron chi connectivity index (χ0n) is 12.4. The number of nitrogens with zero attached hydrogens (tertiary/aromatic N) is 3. The number of methoxy groups -OCH3 is 1. The van der Waals surface area contributed by atoms with Gasteiger partial charge in [0.05, 0.1) is 7.11 Å². The van der Waals surface area contributed by atoms with Crippen molar-refractivity contribution in [3.8, 4) is 5.88 Å². The second kappa shape index (κ2) is 6.39. The third-order valence-corrected chi connectivity index (χ3v) is 4.24. The Hall–Kier alpha value is -1.69. The molecule has 1 amide bonds. The molecule has 1 aromatic heterocycles. The molecule has 2 fully saturated rings. The quantitative estimate of drug-likeness (QED) is 0.879. The van der Waals surface area contributed by atoms with Gasteiger partial charge in [0.1, 0.15) is 12.0 Å². The summed E-state index contributed by atoms with van der Waals surface area (Å²) < 4.78 is 5.04. The largest absolute Gasteiger partial charge is 0.481 e. The molecule has 0 radical (unpaired) electrons. The van der Waals surface area contributed by atoms with Crippen LogP contribution in [0.2, 0.25) is 0 Å². The molecule has 6 nitrogen and oxygen atoms in total. The van der Waals surface area contributed by atoms with E-state index < -0.39 is 0 Å². The van der Waals surface area contributed by atoms with Crippen molar-refractivity contribution in [3.05, 3.63) is 18.1 Å². The average Bonchev–Trinajstić information content (AvgIpc) is 3.37. The normalized spacial score (nSPS) is 19.6. The Balaban J connectivity index is 1.51. The Morgan fingerprint density at radius 2 is 2.10 bits per heavy atom. The number of amides is 1. The van der Waals surface area contributed by atoms with Crippen LogP contribution in [0.25, 0.3) is 0 Å². The number of piperidine rings is 1. The third kappa shape index (κ3) is 3.69. The highest BCUT2D eigenvalue weighted by atomic mass is 16.5. The average molecular weight is 290 g/mol. The number of carbonyl (C=O) groups is 1. The molecular formula is C15H22N4O2. The second-order valence-corrected chi connectivity index (χ2v) is 5.86. The highest BCUT2D eigenvalue weighted by Gasteiger charge is 2.26. The predicted molar refractivity (Wildman–Crippen MR) is 78.2 cm³/mol. The van der Waals surface area contributed by atoms with Gasteiger partial charge in [-0.15, -0.1) is 0 Å². The lowest BCUT2D eigenvalue weighted by Gasteiger charge is -2.32. The van der Waals surface area contributed by atoms with Crippen molar-refractivity contribution in [2.75, 3.05) is 26.7 Å². The van der Waals surface area contributed by atoms with Gasteiger partial charge in [-0.2, -0.15) is 0 Å². The van der Waals surface area contributed by atoms with Crippen LogP contribution in [0.1, 0.15) is 36.2 Å². The van der Waals surface area contributed by atoms with E-state index in [1.165, 1.54) is 26.3 Å². The zero-order chi connectivity index (χ0) is 14.7. The van der Waals surface area contributed by atoms with Gasteiger partial charge in [0.25, 0.3) is 5.91 Å². The van der Waals surface area contributed by atoms with E-state index in [-0.39, 0.29) is 5.91 Å². The molecule has 0 atom stereocenters. The Labute approximate surface area is 124 Å². The van der Waals surface area contributed by atoms with E-state index in [0.717, 1.165) is 38.4 Å². The van der Waals surface area contributed by atoms with Crippen LogP contribution in [-0.2, 0) is 0 Å². The number of likely N-dealkylation sites (tertiary alicyclic amines) is 1. The molecule has 2 aliphatic rings. The number of rotatable bonds is 5. The molecule has 3 rings (SSSR count). The van der Waals surface area contributed by atoms with E-state index >= 15 is 0 Å². The first kappa shape index (κ1) is 14.3. The highest BCUT2D eigenvalue weighted by molar-refractivity contribution is 5.92. The van der Waals surface area contributed by atoms with Crippen molar-refractivity contribution in [2.24, 2.45) is 5.92 Å². The lowest BCUT2D eigenvalue weighted by molar-refractivity contribution is 0.0698. The minimum absolute atomic E-state index is 0.0312. The minimum atomic E-state index is -0.0312. The van der Waals surface area contributed by atoms with Crippen molar-refractivity contribution in [2.45, 2.75) is 31.7 Å². The molecule has 0 spiro atoms. The fourth-order valence-corrected chi connectivity index (χ4v) is 2.67. The van der Waals surface area contributed by atoms with Gasteiger partial charge in [-0.1, -0.05) is 0 Å². The zero-order valence-corrected chi connectivity index (χ0v) is 12.4. The summed E-state index contributed by atoms with van der Waals surface area (Å²) in [5, 5.41) is 3.62. The maximum Gasteiger partial charge on any atom is 0.272 e. The van der Waals surface area contributed by atoms with Gasteiger partial charge in [0, 0.05) is 25.2 Å². The Morgan fingerprint density at radius 3 is 2.76 bits per heavy atom. The summed E-state index contributed by atoms with van der Waals surface area (Å²) in [7, 11) is 1.54. The van der Waals surface area contributed by atoms with Crippen LogP contribution in [0.15, 0.2) is 12.4 Å². The molecule has 0 unspecified atom stereocenters. The van der Waals surface area contributed by atoms with Gasteiger partial charge in [0.2, 0.25) is 5.88 Å². The number of carbonyl (C=O) groups excluding carboxylic acids is 1. The van der Waals surface area contributed by atoms with Crippen molar-refractivity contribution >= 4 is 5.91 Å². The lowest BCUT2D eigenvalue weighted by Crippen LogP contribution is -2.45. The highest BCUT2D eigenvalue weighted by Crippen LogP contribution is 2.28. The van der Waals surface area contributed by atoms with E-state index in [4.69, 9.17) is 4.74 Å². The molecular weight excluding hydrogens is 268 g/mol. The molecule has 21 heavy (non-hydrogen) atoms. The molecule has 1 N–H and O–H groups in total. The van der Waals surface area contributed by atoms with Gasteiger partial charge in [0.15, 0.2) is 0 Å². The fourth-order valence-electron chi connectivity index (χ4n) is 2.67. The number of aromatic nitrogens is 2. The molecule has 0 aromatic carbocycles. The predicted octanol–water partition coefficient (Wildman–Crippen LogP) is 1.09. The van der Waals surface area contributed by atoms with E-state index in [9.17, 15) is 4.79 Å². The van der Waals surface area contributed by atoms with Crippen LogP contribution < -0.4 is 10.1 Å². The van der Waals surface area contributed by atoms with E-state index in [2.05, 4.69) is 15.3 Å². The van der Waals surface area contributed by atoms with E-state index in [1.54, 1.807) is 6.07 Å². The Morgan fingerprint density at radius 1 is 1.33 bits per heavy atom. The lowest BCUT2D eigenvalue weighted by atomic mass is 10.0. The van der Waals surface area contributed by atoms with Crippen LogP contribution in [0.4, 0.5) is 0 Å². The molecule has 2 heterocycles. The van der Waals surface area contributed by atoms with Crippen LogP contribution >= 0.6 is 0 Å². The van der Waals surface area contributed by atoms with Gasteiger partial charge in [-0.05, 0) is 38.1 Å². The molecule has 1 saturated carbocycles. The number of nitrogens with one attached hydrogen (secondary N) is 1. The van der Waals surface area contributed by atoms with Crippen LogP contribution in [0.5, 0.6) is 5.88 Å². The minimum Gasteiger partial charge on any atom is -0.481 e. The van der Waals surface area contributed by atoms with Crippen molar-refractivity contribution in [1.82, 2.24) is 20.2 Å². The SMILES string of the molecule is COc1cc(C(=O)N2CCC(NCC3CC3)CC2)ncn1. The van der Waals surface area contributed by atoms with Crippen LogP contribution in [-0.4, -0.2) is 53.6 Å². The molecule has 1 saturated heterocycles. The van der Waals surface area contributed by atoms with Gasteiger partial charge in [-0.3, -0.25) is 4.79 Å². The maximum absolute atomic E-state index is 12.4. The molecule has 0 bridgehead atoms. The van der Waals surface area contributed by atoms with Gasteiger partial charge < -0.3 is 15.0 Å². The van der Waals surface area contributed by atoms with E-state index in [0.29, 0.717) is 17.6 Å². The first-order chi connectivity index (χ1) is 10.3. The molecule has 1 aromatic rings. The maximum atomic E-state index is 12.4. The smallest absolute Gasteiger partial charge is 0.272 e. The monoisotopic (exact) mass is 290 g/mol. The summed E-state index contributed by atoms with van der Waals surface area (Å²) in [5.74, 6) is 1.30. The van der Waals surface area contributed by atoms with Crippen molar-refractivity contribution in [1.29, 1.82) is 0 Å². The first-order valence-corrected chi connectivity index (χ1v) is 7.65. The third-order valence-electron chi connectivity index (χ3n) is 4.24. The standard InChI is InChI=1S/C15H22N4O2/c1-21-14-8-13(17-10-18-14)15(20)19-6-4-12(5-7-19)16-9-11-2-3-11/h8,10-12,16H,2-7,9H2,1H3. The van der Waals surface area contributed by atoms with E-state index in [1.807, 2.05) is 4.90 Å². The van der Waals surface area contributed by atoms with Gasteiger partial charge in [-0.25, -0.2) is 9.97 Å². The summed E-state index contributed by atoms with van der Waals surface area (Å²) in [5.41, 5.74) is 0.409. The molecule has 1 aliphatic carbocycles. The summed E-state index contributed by atoms with van der Waals surface area (Å²) in [6.45, 7) is 2.71. The number of ether oxygens (including phenoxy) is 1. The van der Waals surface area contributed by atoms with Crippen molar-refractivity contribution < 1.29 is 9.53 Å². The number of hydrogen-bond acceptors (Lipinski definition) is 5. The Kier molecular flexibility index (Phi) is 4.34. The van der Waals surface area contributed by atoms with Crippen molar-refractivity contribution in [3.63, 3.8) is 0 Å².